The van der Waals surface area contributed by atoms with Gasteiger partial charge in [-0.3, -0.25) is 9.59 Å². The Morgan fingerprint density at radius 3 is 2.35 bits per heavy atom. The third kappa shape index (κ3) is 4.84. The van der Waals surface area contributed by atoms with Crippen LogP contribution < -0.4 is 14.8 Å². The molecule has 164 valence electrons. The van der Waals surface area contributed by atoms with E-state index < -0.39 is 0 Å². The van der Waals surface area contributed by atoms with Crippen LogP contribution in [0.3, 0.4) is 0 Å². The lowest BCUT2D eigenvalue weighted by atomic mass is 9.82. The van der Waals surface area contributed by atoms with E-state index in [9.17, 15) is 9.59 Å². The molecule has 2 amide bonds. The van der Waals surface area contributed by atoms with Gasteiger partial charge in [0.15, 0.2) is 0 Å². The minimum absolute atomic E-state index is 0.0298. The number of nitrogens with one attached hydrogen (secondary N) is 1. The minimum Gasteiger partial charge on any atom is -0.497 e. The van der Waals surface area contributed by atoms with Crippen LogP contribution in [0.5, 0.6) is 11.5 Å². The summed E-state index contributed by atoms with van der Waals surface area (Å²) in [6.45, 7) is 1.21. The molecule has 0 atom stereocenters. The smallest absolute Gasteiger partial charge is 0.257 e. The van der Waals surface area contributed by atoms with E-state index >= 15 is 0 Å². The number of rotatable bonds is 7. The predicted molar refractivity (Wildman–Crippen MR) is 119 cm³/mol. The van der Waals surface area contributed by atoms with E-state index in [1.54, 1.807) is 32.4 Å². The molecule has 1 aliphatic carbocycles. The van der Waals surface area contributed by atoms with Crippen molar-refractivity contribution in [2.24, 2.45) is 5.92 Å². The number of likely N-dealkylation sites (tertiary alicyclic amines) is 1. The number of hydrogen-bond donors (Lipinski definition) is 1. The maximum absolute atomic E-state index is 13.2. The summed E-state index contributed by atoms with van der Waals surface area (Å²) in [4.78, 5) is 27.9. The molecule has 31 heavy (non-hydrogen) atoms. The van der Waals surface area contributed by atoms with Crippen LogP contribution in [0.1, 0.15) is 52.8 Å². The Labute approximate surface area is 183 Å². The fourth-order valence-electron chi connectivity index (χ4n) is 4.44. The molecule has 1 N–H and O–H groups in total. The zero-order chi connectivity index (χ0) is 21.8. The largest absolute Gasteiger partial charge is 0.497 e. The maximum atomic E-state index is 13.2. The Morgan fingerprint density at radius 2 is 1.74 bits per heavy atom. The summed E-state index contributed by atoms with van der Waals surface area (Å²) >= 11 is 0. The molecule has 2 aliphatic rings. The van der Waals surface area contributed by atoms with Gasteiger partial charge in [0.2, 0.25) is 0 Å². The number of piperidine rings is 1. The van der Waals surface area contributed by atoms with E-state index in [2.05, 4.69) is 5.32 Å². The van der Waals surface area contributed by atoms with Gasteiger partial charge in [0.05, 0.1) is 19.8 Å². The number of carbonyl (C=O) groups is 2. The summed E-state index contributed by atoms with van der Waals surface area (Å²) in [6.07, 6.45) is 4.96. The van der Waals surface area contributed by atoms with Crippen LogP contribution in [0.4, 0.5) is 0 Å². The molecule has 2 fully saturated rings. The molecule has 1 heterocycles. The number of nitrogens with zero attached hydrogens (tertiary/aromatic N) is 1. The van der Waals surface area contributed by atoms with Crippen molar-refractivity contribution in [3.8, 4) is 11.5 Å². The van der Waals surface area contributed by atoms with Crippen molar-refractivity contribution < 1.29 is 19.1 Å². The highest BCUT2D eigenvalue weighted by atomic mass is 16.5. The Morgan fingerprint density at radius 1 is 1.03 bits per heavy atom. The number of hydrogen-bond acceptors (Lipinski definition) is 4. The second kappa shape index (κ2) is 9.00. The third-order valence-corrected chi connectivity index (χ3v) is 6.44. The first kappa shape index (κ1) is 21.2. The molecule has 6 heteroatoms. The van der Waals surface area contributed by atoms with E-state index in [-0.39, 0.29) is 17.4 Å². The van der Waals surface area contributed by atoms with Gasteiger partial charge in [-0.2, -0.15) is 0 Å². The van der Waals surface area contributed by atoms with Crippen LogP contribution >= 0.6 is 0 Å². The molecule has 4 rings (SSSR count). The Hall–Kier alpha value is -3.02. The molecule has 0 aromatic heterocycles. The average molecular weight is 423 g/mol. The molecule has 1 aliphatic heterocycles. The van der Waals surface area contributed by atoms with Crippen LogP contribution in [0.25, 0.3) is 0 Å². The van der Waals surface area contributed by atoms with E-state index in [0.29, 0.717) is 41.6 Å². The number of methoxy groups -OCH3 is 2. The first-order chi connectivity index (χ1) is 15.0. The maximum Gasteiger partial charge on any atom is 0.257 e. The quantitative estimate of drug-likeness (QED) is 0.735. The minimum atomic E-state index is -0.255. The molecule has 0 bridgehead atoms. The van der Waals surface area contributed by atoms with E-state index in [4.69, 9.17) is 9.47 Å². The van der Waals surface area contributed by atoms with Gasteiger partial charge in [0, 0.05) is 30.3 Å². The van der Waals surface area contributed by atoms with Crippen molar-refractivity contribution in [2.75, 3.05) is 27.3 Å². The van der Waals surface area contributed by atoms with Gasteiger partial charge in [0.1, 0.15) is 11.5 Å². The van der Waals surface area contributed by atoms with Gasteiger partial charge >= 0.3 is 0 Å². The first-order valence-corrected chi connectivity index (χ1v) is 10.9. The molecule has 1 saturated carbocycles. The topological polar surface area (TPSA) is 67.9 Å². The van der Waals surface area contributed by atoms with Crippen LogP contribution in [-0.2, 0) is 0 Å². The highest BCUT2D eigenvalue weighted by Gasteiger charge is 2.41. The molecule has 0 unspecified atom stereocenters. The number of ether oxygens (including phenoxy) is 2. The standard InChI is InChI=1S/C25H30N2O4/c1-30-20-10-11-21(22(16-20)31-2)24(29)27-14-12-25(13-15-27,17-18-8-9-18)26-23(28)19-6-4-3-5-7-19/h3-7,10-11,16,18H,8-9,12-15,17H2,1-2H3,(H,26,28). The van der Waals surface area contributed by atoms with Crippen molar-refractivity contribution in [3.05, 3.63) is 59.7 Å². The third-order valence-electron chi connectivity index (χ3n) is 6.44. The number of benzene rings is 2. The first-order valence-electron chi connectivity index (χ1n) is 10.9. The van der Waals surface area contributed by atoms with E-state index in [0.717, 1.165) is 19.3 Å². The lowest BCUT2D eigenvalue weighted by molar-refractivity contribution is 0.0598. The number of amides is 2. The van der Waals surface area contributed by atoms with Crippen molar-refractivity contribution in [1.82, 2.24) is 10.2 Å². The molecule has 6 nitrogen and oxygen atoms in total. The van der Waals surface area contributed by atoms with Gasteiger partial charge in [-0.25, -0.2) is 0 Å². The van der Waals surface area contributed by atoms with Crippen LogP contribution in [0.2, 0.25) is 0 Å². The molecular formula is C25H30N2O4. The monoisotopic (exact) mass is 422 g/mol. The SMILES string of the molecule is COc1ccc(C(=O)N2CCC(CC3CC3)(NC(=O)c3ccccc3)CC2)c(OC)c1. The lowest BCUT2D eigenvalue weighted by Gasteiger charge is -2.43. The summed E-state index contributed by atoms with van der Waals surface area (Å²) in [6, 6.07) is 14.6. The van der Waals surface area contributed by atoms with Crippen molar-refractivity contribution in [1.29, 1.82) is 0 Å². The molecule has 2 aromatic carbocycles. The average Bonchev–Trinajstić information content (AvgIpc) is 3.63. The second-order valence-electron chi connectivity index (χ2n) is 8.61. The van der Waals surface area contributed by atoms with Crippen molar-refractivity contribution in [2.45, 2.75) is 37.6 Å². The molecule has 2 aromatic rings. The summed E-state index contributed by atoms with van der Waals surface area (Å²) in [5.41, 5.74) is 0.958. The summed E-state index contributed by atoms with van der Waals surface area (Å²) < 4.78 is 10.7. The fraction of sp³-hybridized carbons (Fsp3) is 0.440. The number of carbonyl (C=O) groups excluding carboxylic acids is 2. The Bertz CT molecular complexity index is 932. The van der Waals surface area contributed by atoms with Crippen molar-refractivity contribution in [3.63, 3.8) is 0 Å². The zero-order valence-corrected chi connectivity index (χ0v) is 18.2. The lowest BCUT2D eigenvalue weighted by Crippen LogP contribution is -2.56. The van der Waals surface area contributed by atoms with Crippen LogP contribution in [0, 0.1) is 5.92 Å². The molecular weight excluding hydrogens is 392 g/mol. The van der Waals surface area contributed by atoms with Gasteiger partial charge in [-0.15, -0.1) is 0 Å². The zero-order valence-electron chi connectivity index (χ0n) is 18.2. The molecule has 0 radical (unpaired) electrons. The summed E-state index contributed by atoms with van der Waals surface area (Å²) in [5, 5.41) is 3.34. The van der Waals surface area contributed by atoms with E-state index in [1.807, 2.05) is 35.2 Å². The predicted octanol–water partition coefficient (Wildman–Crippen LogP) is 3.91. The highest BCUT2D eigenvalue weighted by Crippen LogP contribution is 2.41. The van der Waals surface area contributed by atoms with Gasteiger partial charge in [-0.05, 0) is 49.4 Å². The second-order valence-corrected chi connectivity index (χ2v) is 8.61. The molecule has 1 saturated heterocycles. The van der Waals surface area contributed by atoms with Gasteiger partial charge < -0.3 is 19.7 Å². The fourth-order valence-corrected chi connectivity index (χ4v) is 4.44. The van der Waals surface area contributed by atoms with Crippen LogP contribution in [-0.4, -0.2) is 49.6 Å². The molecule has 0 spiro atoms. The van der Waals surface area contributed by atoms with Gasteiger partial charge in [-0.1, -0.05) is 31.0 Å². The van der Waals surface area contributed by atoms with Crippen molar-refractivity contribution >= 4 is 11.8 Å². The summed E-state index contributed by atoms with van der Waals surface area (Å²) in [7, 11) is 3.14. The summed E-state index contributed by atoms with van der Waals surface area (Å²) in [5.74, 6) is 1.77. The Balaban J connectivity index is 1.46. The normalized spacial score (nSPS) is 17.7. The van der Waals surface area contributed by atoms with Crippen LogP contribution in [0.15, 0.2) is 48.5 Å². The van der Waals surface area contributed by atoms with Gasteiger partial charge in [0.25, 0.3) is 11.8 Å². The Kier molecular flexibility index (Phi) is 6.16. The highest BCUT2D eigenvalue weighted by molar-refractivity contribution is 5.97. The van der Waals surface area contributed by atoms with E-state index in [1.165, 1.54) is 12.8 Å².